The Morgan fingerprint density at radius 2 is 1.94 bits per heavy atom. The molecule has 1 N–H and O–H groups in total. The van der Waals surface area contributed by atoms with Gasteiger partial charge in [-0.2, -0.15) is 0 Å². The predicted molar refractivity (Wildman–Crippen MR) is 67.1 cm³/mol. The van der Waals surface area contributed by atoms with Gasteiger partial charge >= 0.3 is 5.97 Å². The lowest BCUT2D eigenvalue weighted by molar-refractivity contribution is -0.170. The van der Waals surface area contributed by atoms with Crippen LogP contribution in [0.3, 0.4) is 0 Å². The summed E-state index contributed by atoms with van der Waals surface area (Å²) in [5.74, 6) is -0.960. The number of carboxylic acids is 1. The van der Waals surface area contributed by atoms with E-state index in [9.17, 15) is 9.90 Å². The molecule has 1 rings (SSSR count). The highest BCUT2D eigenvalue weighted by Crippen LogP contribution is 2.30. The first-order valence-electron chi connectivity index (χ1n) is 5.76. The van der Waals surface area contributed by atoms with Crippen LogP contribution in [0.15, 0.2) is 18.2 Å². The van der Waals surface area contributed by atoms with E-state index in [1.807, 2.05) is 45.9 Å². The van der Waals surface area contributed by atoms with Gasteiger partial charge in [0.15, 0.2) is 5.60 Å². The molecule has 17 heavy (non-hydrogen) atoms. The van der Waals surface area contributed by atoms with Crippen LogP contribution in [0, 0.1) is 13.8 Å². The van der Waals surface area contributed by atoms with Gasteiger partial charge in [-0.1, -0.05) is 23.8 Å². The van der Waals surface area contributed by atoms with Crippen molar-refractivity contribution in [2.75, 3.05) is 0 Å². The zero-order chi connectivity index (χ0) is 13.2. The summed E-state index contributed by atoms with van der Waals surface area (Å²) < 4.78 is 5.61. The largest absolute Gasteiger partial charge is 0.479 e. The third-order valence-electron chi connectivity index (χ3n) is 2.78. The highest BCUT2D eigenvalue weighted by molar-refractivity contribution is 5.79. The molecule has 0 aliphatic rings. The Hall–Kier alpha value is -1.35. The van der Waals surface area contributed by atoms with Crippen molar-refractivity contribution >= 4 is 5.97 Å². The lowest BCUT2D eigenvalue weighted by Gasteiger charge is -2.29. The molecule has 1 aromatic carbocycles. The highest BCUT2D eigenvalue weighted by atomic mass is 16.5. The normalized spacial score (nSPS) is 14.7. The first-order chi connectivity index (χ1) is 7.77. The number of rotatable bonds is 4. The van der Waals surface area contributed by atoms with Crippen molar-refractivity contribution in [3.05, 3.63) is 34.9 Å². The fraction of sp³-hybridized carbons (Fsp3) is 0.500. The van der Waals surface area contributed by atoms with Crippen molar-refractivity contribution in [3.63, 3.8) is 0 Å². The number of aryl methyl sites for hydroxylation is 2. The molecule has 0 saturated carbocycles. The first kappa shape index (κ1) is 13.7. The third kappa shape index (κ3) is 2.86. The molecule has 94 valence electrons. The molecule has 1 unspecified atom stereocenters. The number of hydrogen-bond donors (Lipinski definition) is 1. The quantitative estimate of drug-likeness (QED) is 0.874. The molecule has 0 saturated heterocycles. The molecule has 3 nitrogen and oxygen atoms in total. The maximum absolute atomic E-state index is 11.5. The number of benzene rings is 1. The summed E-state index contributed by atoms with van der Waals surface area (Å²) in [6.45, 7) is 9.17. The molecule has 3 heteroatoms. The molecular weight excluding hydrogens is 216 g/mol. The average Bonchev–Trinajstić information content (AvgIpc) is 2.15. The van der Waals surface area contributed by atoms with Gasteiger partial charge in [0.1, 0.15) is 0 Å². The van der Waals surface area contributed by atoms with Gasteiger partial charge in [-0.15, -0.1) is 0 Å². The van der Waals surface area contributed by atoms with Crippen molar-refractivity contribution < 1.29 is 14.6 Å². The van der Waals surface area contributed by atoms with Crippen LogP contribution in [-0.4, -0.2) is 17.2 Å². The van der Waals surface area contributed by atoms with Crippen molar-refractivity contribution in [1.29, 1.82) is 0 Å². The molecule has 0 heterocycles. The van der Waals surface area contributed by atoms with E-state index in [4.69, 9.17) is 4.74 Å². The van der Waals surface area contributed by atoms with Gasteiger partial charge in [-0.3, -0.25) is 0 Å². The Balaban J connectivity index is 3.27. The monoisotopic (exact) mass is 236 g/mol. The van der Waals surface area contributed by atoms with E-state index >= 15 is 0 Å². The van der Waals surface area contributed by atoms with Gasteiger partial charge in [0.25, 0.3) is 0 Å². The average molecular weight is 236 g/mol. The van der Waals surface area contributed by atoms with E-state index in [0.717, 1.165) is 11.1 Å². The molecular formula is C14H20O3. The minimum absolute atomic E-state index is 0.142. The highest BCUT2D eigenvalue weighted by Gasteiger charge is 2.38. The number of hydrogen-bond acceptors (Lipinski definition) is 2. The van der Waals surface area contributed by atoms with Crippen LogP contribution in [0.25, 0.3) is 0 Å². The summed E-state index contributed by atoms with van der Waals surface area (Å²) in [4.78, 5) is 11.5. The van der Waals surface area contributed by atoms with Gasteiger partial charge in [0, 0.05) is 0 Å². The fourth-order valence-corrected chi connectivity index (χ4v) is 2.05. The zero-order valence-corrected chi connectivity index (χ0v) is 11.1. The Morgan fingerprint density at radius 1 is 1.35 bits per heavy atom. The molecule has 1 atom stereocenters. The SMILES string of the molecule is Cc1ccc(C(C)(OC(C)C)C(=O)O)c(C)c1. The van der Waals surface area contributed by atoms with E-state index in [0.29, 0.717) is 5.56 Å². The zero-order valence-electron chi connectivity index (χ0n) is 11.1. The molecule has 0 spiro atoms. The standard InChI is InChI=1S/C14H20O3/c1-9(2)17-14(5,13(15)16)12-7-6-10(3)8-11(12)4/h6-9H,1-5H3,(H,15,16). The molecule has 0 aromatic heterocycles. The number of aliphatic carboxylic acids is 1. The van der Waals surface area contributed by atoms with Crippen LogP contribution >= 0.6 is 0 Å². The summed E-state index contributed by atoms with van der Waals surface area (Å²) >= 11 is 0. The topological polar surface area (TPSA) is 46.5 Å². The summed E-state index contributed by atoms with van der Waals surface area (Å²) in [5.41, 5.74) is 1.48. The summed E-state index contributed by atoms with van der Waals surface area (Å²) in [7, 11) is 0. The number of carbonyl (C=O) groups is 1. The molecule has 0 amide bonds. The fourth-order valence-electron chi connectivity index (χ4n) is 2.05. The maximum atomic E-state index is 11.5. The van der Waals surface area contributed by atoms with Crippen LogP contribution in [-0.2, 0) is 15.1 Å². The van der Waals surface area contributed by atoms with Crippen molar-refractivity contribution in [1.82, 2.24) is 0 Å². The lowest BCUT2D eigenvalue weighted by Crippen LogP contribution is -2.38. The van der Waals surface area contributed by atoms with Gasteiger partial charge in [-0.25, -0.2) is 4.79 Å². The van der Waals surface area contributed by atoms with Gasteiger partial charge in [0.05, 0.1) is 6.10 Å². The second-order valence-corrected chi connectivity index (χ2v) is 4.82. The van der Waals surface area contributed by atoms with E-state index in [1.165, 1.54) is 0 Å². The van der Waals surface area contributed by atoms with Gasteiger partial charge in [0.2, 0.25) is 0 Å². The summed E-state index contributed by atoms with van der Waals surface area (Å²) in [6, 6.07) is 5.72. The second-order valence-electron chi connectivity index (χ2n) is 4.82. The Bertz CT molecular complexity index is 423. The summed E-state index contributed by atoms with van der Waals surface area (Å²) in [5, 5.41) is 9.40. The van der Waals surface area contributed by atoms with Crippen molar-refractivity contribution in [2.45, 2.75) is 46.3 Å². The van der Waals surface area contributed by atoms with E-state index in [2.05, 4.69) is 0 Å². The van der Waals surface area contributed by atoms with E-state index < -0.39 is 11.6 Å². The molecule has 0 radical (unpaired) electrons. The first-order valence-corrected chi connectivity index (χ1v) is 5.76. The Kier molecular flexibility index (Phi) is 3.94. The smallest absolute Gasteiger partial charge is 0.340 e. The molecule has 0 aliphatic heterocycles. The van der Waals surface area contributed by atoms with E-state index in [1.54, 1.807) is 6.92 Å². The number of ether oxygens (including phenoxy) is 1. The Labute approximate surface area is 102 Å². The minimum Gasteiger partial charge on any atom is -0.479 e. The second kappa shape index (κ2) is 4.88. The minimum atomic E-state index is -1.29. The molecule has 0 aliphatic carbocycles. The summed E-state index contributed by atoms with van der Waals surface area (Å²) in [6.07, 6.45) is -0.142. The van der Waals surface area contributed by atoms with Crippen LogP contribution in [0.4, 0.5) is 0 Å². The van der Waals surface area contributed by atoms with Gasteiger partial charge < -0.3 is 9.84 Å². The number of carboxylic acid groups (broad SMARTS) is 1. The van der Waals surface area contributed by atoms with Gasteiger partial charge in [-0.05, 0) is 45.7 Å². The third-order valence-corrected chi connectivity index (χ3v) is 2.78. The van der Waals surface area contributed by atoms with E-state index in [-0.39, 0.29) is 6.10 Å². The van der Waals surface area contributed by atoms with Crippen molar-refractivity contribution in [2.24, 2.45) is 0 Å². The maximum Gasteiger partial charge on any atom is 0.340 e. The predicted octanol–water partition coefficient (Wildman–Crippen LogP) is 3.03. The van der Waals surface area contributed by atoms with Crippen LogP contribution in [0.1, 0.15) is 37.5 Å². The van der Waals surface area contributed by atoms with Crippen LogP contribution in [0.2, 0.25) is 0 Å². The molecule has 0 fully saturated rings. The molecule has 1 aromatic rings. The van der Waals surface area contributed by atoms with Crippen molar-refractivity contribution in [3.8, 4) is 0 Å². The lowest BCUT2D eigenvalue weighted by atomic mass is 9.90. The van der Waals surface area contributed by atoms with Crippen LogP contribution < -0.4 is 0 Å². The molecule has 0 bridgehead atoms. The Morgan fingerprint density at radius 3 is 2.35 bits per heavy atom. The van der Waals surface area contributed by atoms with Crippen LogP contribution in [0.5, 0.6) is 0 Å².